The molecule has 1 aliphatic rings. The summed E-state index contributed by atoms with van der Waals surface area (Å²) in [7, 11) is 0. The molecule has 0 saturated carbocycles. The van der Waals surface area contributed by atoms with Gasteiger partial charge in [0.25, 0.3) is 5.91 Å². The first-order chi connectivity index (χ1) is 15.6. The third kappa shape index (κ3) is 3.74. The number of aromatic nitrogens is 1. The topological polar surface area (TPSA) is 103 Å². The Hall–Kier alpha value is -4.33. The van der Waals surface area contributed by atoms with Crippen LogP contribution >= 0.6 is 0 Å². The zero-order valence-corrected chi connectivity index (χ0v) is 17.1. The van der Waals surface area contributed by atoms with Gasteiger partial charge in [-0.3, -0.25) is 9.59 Å². The highest BCUT2D eigenvalue weighted by atomic mass is 16.7. The van der Waals surface area contributed by atoms with Crippen LogP contribution in [-0.4, -0.2) is 29.8 Å². The second-order valence-corrected chi connectivity index (χ2v) is 7.36. The summed E-state index contributed by atoms with van der Waals surface area (Å²) < 4.78 is 16.1. The third-order valence-electron chi connectivity index (χ3n) is 5.16. The van der Waals surface area contributed by atoms with Crippen LogP contribution in [0.5, 0.6) is 11.5 Å². The molecule has 0 saturated heterocycles. The molecule has 160 valence electrons. The van der Waals surface area contributed by atoms with Crippen LogP contribution < -0.4 is 20.1 Å². The second kappa shape index (κ2) is 8.07. The molecule has 0 spiro atoms. The molecule has 0 fully saturated rings. The summed E-state index contributed by atoms with van der Waals surface area (Å²) in [6, 6.07) is 19.0. The van der Waals surface area contributed by atoms with E-state index in [0.29, 0.717) is 34.0 Å². The first kappa shape index (κ1) is 19.6. The fourth-order valence-corrected chi connectivity index (χ4v) is 3.45. The maximum atomic E-state index is 12.8. The fraction of sp³-hybridized carbons (Fsp3) is 0.125. The third-order valence-corrected chi connectivity index (χ3v) is 5.16. The van der Waals surface area contributed by atoms with Gasteiger partial charge in [-0.25, -0.2) is 0 Å². The summed E-state index contributed by atoms with van der Waals surface area (Å²) in [5.74, 6) is 1.05. The number of ether oxygens (including phenoxy) is 2. The predicted octanol–water partition coefficient (Wildman–Crippen LogP) is 3.98. The Labute approximate surface area is 183 Å². The Balaban J connectivity index is 1.30. The number of carbonyl (C=O) groups excluding carboxylic acids is 2. The molecule has 2 N–H and O–H groups in total. The maximum absolute atomic E-state index is 12.8. The van der Waals surface area contributed by atoms with Gasteiger partial charge in [0.1, 0.15) is 11.6 Å². The Bertz CT molecular complexity index is 1320. The highest BCUT2D eigenvalue weighted by Crippen LogP contribution is 2.34. The van der Waals surface area contributed by atoms with Crippen molar-refractivity contribution in [2.24, 2.45) is 0 Å². The Morgan fingerprint density at radius 3 is 2.62 bits per heavy atom. The van der Waals surface area contributed by atoms with Gasteiger partial charge in [-0.1, -0.05) is 35.5 Å². The Morgan fingerprint density at radius 2 is 1.78 bits per heavy atom. The number of rotatable bonds is 5. The van der Waals surface area contributed by atoms with Crippen molar-refractivity contribution in [3.05, 3.63) is 72.3 Å². The van der Waals surface area contributed by atoms with Crippen LogP contribution in [0.1, 0.15) is 17.3 Å². The smallest absolute Gasteiger partial charge is 0.251 e. The molecule has 32 heavy (non-hydrogen) atoms. The summed E-state index contributed by atoms with van der Waals surface area (Å²) in [5, 5.41) is 10.3. The average molecular weight is 429 g/mol. The number of nitrogens with one attached hydrogen (secondary N) is 2. The van der Waals surface area contributed by atoms with E-state index in [-0.39, 0.29) is 18.6 Å². The number of benzene rings is 3. The summed E-state index contributed by atoms with van der Waals surface area (Å²) in [6.07, 6.45) is 0. The summed E-state index contributed by atoms with van der Waals surface area (Å²) in [6.45, 7) is 1.77. The standard InChI is InChI=1S/C24H19N3O5/c1-14(23(28)26-17-8-10-20-21(12-17)31-13-30-20)25-24(29)16-7-9-19-18(11-16)22(32-27-19)15-5-3-2-4-6-15/h2-12,14H,13H2,1H3,(H,25,29)(H,26,28)/t14-/m0/s1. The Kier molecular flexibility index (Phi) is 4.95. The molecule has 1 atom stereocenters. The number of hydrogen-bond acceptors (Lipinski definition) is 6. The molecule has 1 aliphatic heterocycles. The SMILES string of the molecule is C[C@H](NC(=O)c1ccc2noc(-c3ccccc3)c2c1)C(=O)Nc1ccc2c(c1)OCO2. The van der Waals surface area contributed by atoms with E-state index in [1.807, 2.05) is 30.3 Å². The lowest BCUT2D eigenvalue weighted by Crippen LogP contribution is -2.41. The molecule has 2 amide bonds. The minimum Gasteiger partial charge on any atom is -0.454 e. The quantitative estimate of drug-likeness (QED) is 0.498. The molecular formula is C24H19N3O5. The first-order valence-electron chi connectivity index (χ1n) is 10.0. The molecule has 8 nitrogen and oxygen atoms in total. The van der Waals surface area contributed by atoms with Gasteiger partial charge in [-0.15, -0.1) is 0 Å². The van der Waals surface area contributed by atoms with E-state index in [4.69, 9.17) is 14.0 Å². The molecule has 0 unspecified atom stereocenters. The molecule has 0 aliphatic carbocycles. The number of nitrogens with zero attached hydrogens (tertiary/aromatic N) is 1. The van der Waals surface area contributed by atoms with Gasteiger partial charge in [0.2, 0.25) is 12.7 Å². The van der Waals surface area contributed by atoms with Crippen LogP contribution in [0.4, 0.5) is 5.69 Å². The first-order valence-corrected chi connectivity index (χ1v) is 10.0. The molecule has 4 aromatic rings. The molecule has 2 heterocycles. The number of anilines is 1. The van der Waals surface area contributed by atoms with E-state index in [9.17, 15) is 9.59 Å². The van der Waals surface area contributed by atoms with Crippen LogP contribution in [0.15, 0.2) is 71.3 Å². The van der Waals surface area contributed by atoms with E-state index in [1.54, 1.807) is 43.3 Å². The van der Waals surface area contributed by atoms with E-state index < -0.39 is 6.04 Å². The number of carbonyl (C=O) groups is 2. The molecule has 8 heteroatoms. The van der Waals surface area contributed by atoms with Crippen molar-refractivity contribution in [1.29, 1.82) is 0 Å². The monoisotopic (exact) mass is 429 g/mol. The second-order valence-electron chi connectivity index (χ2n) is 7.36. The zero-order valence-electron chi connectivity index (χ0n) is 17.1. The Morgan fingerprint density at radius 1 is 0.969 bits per heavy atom. The fourth-order valence-electron chi connectivity index (χ4n) is 3.45. The van der Waals surface area contributed by atoms with E-state index in [0.717, 1.165) is 10.9 Å². The molecule has 0 radical (unpaired) electrons. The van der Waals surface area contributed by atoms with Crippen molar-refractivity contribution in [2.45, 2.75) is 13.0 Å². The zero-order chi connectivity index (χ0) is 22.1. The molecule has 3 aromatic carbocycles. The molecule has 1 aromatic heterocycles. The lowest BCUT2D eigenvalue weighted by molar-refractivity contribution is -0.117. The molecular weight excluding hydrogens is 410 g/mol. The van der Waals surface area contributed by atoms with Crippen molar-refractivity contribution in [1.82, 2.24) is 10.5 Å². The minimum absolute atomic E-state index is 0.154. The van der Waals surface area contributed by atoms with Gasteiger partial charge >= 0.3 is 0 Å². The maximum Gasteiger partial charge on any atom is 0.251 e. The van der Waals surface area contributed by atoms with Gasteiger partial charge < -0.3 is 24.6 Å². The van der Waals surface area contributed by atoms with Gasteiger partial charge in [0.15, 0.2) is 17.3 Å². The van der Waals surface area contributed by atoms with E-state index in [1.165, 1.54) is 0 Å². The van der Waals surface area contributed by atoms with Crippen molar-refractivity contribution >= 4 is 28.4 Å². The average Bonchev–Trinajstić information content (AvgIpc) is 3.45. The summed E-state index contributed by atoms with van der Waals surface area (Å²) in [4.78, 5) is 25.4. The van der Waals surface area contributed by atoms with Crippen LogP contribution in [0.2, 0.25) is 0 Å². The number of fused-ring (bicyclic) bond motifs is 2. The predicted molar refractivity (Wildman–Crippen MR) is 118 cm³/mol. The lowest BCUT2D eigenvalue weighted by Gasteiger charge is -2.14. The van der Waals surface area contributed by atoms with Gasteiger partial charge in [0, 0.05) is 22.9 Å². The van der Waals surface area contributed by atoms with Crippen molar-refractivity contribution in [3.8, 4) is 22.8 Å². The normalized spacial score (nSPS) is 13.0. The van der Waals surface area contributed by atoms with Crippen LogP contribution in [-0.2, 0) is 4.79 Å². The largest absolute Gasteiger partial charge is 0.454 e. The summed E-state index contributed by atoms with van der Waals surface area (Å²) >= 11 is 0. The van der Waals surface area contributed by atoms with Crippen molar-refractivity contribution in [2.75, 3.05) is 12.1 Å². The number of amides is 2. The van der Waals surface area contributed by atoms with E-state index in [2.05, 4.69) is 15.8 Å². The van der Waals surface area contributed by atoms with E-state index >= 15 is 0 Å². The van der Waals surface area contributed by atoms with Crippen molar-refractivity contribution in [3.63, 3.8) is 0 Å². The van der Waals surface area contributed by atoms with Crippen LogP contribution in [0.3, 0.4) is 0 Å². The van der Waals surface area contributed by atoms with Crippen molar-refractivity contribution < 1.29 is 23.6 Å². The van der Waals surface area contributed by atoms with Gasteiger partial charge in [-0.05, 0) is 37.3 Å². The summed E-state index contributed by atoms with van der Waals surface area (Å²) in [5.41, 5.74) is 2.47. The highest BCUT2D eigenvalue weighted by Gasteiger charge is 2.20. The lowest BCUT2D eigenvalue weighted by atomic mass is 10.1. The van der Waals surface area contributed by atoms with Crippen LogP contribution in [0.25, 0.3) is 22.2 Å². The van der Waals surface area contributed by atoms with Gasteiger partial charge in [0.05, 0.1) is 5.39 Å². The molecule has 0 bridgehead atoms. The van der Waals surface area contributed by atoms with Gasteiger partial charge in [-0.2, -0.15) is 0 Å². The van der Waals surface area contributed by atoms with Crippen LogP contribution in [0, 0.1) is 0 Å². The molecule has 5 rings (SSSR count). The minimum atomic E-state index is -0.764. The highest BCUT2D eigenvalue weighted by molar-refractivity contribution is 6.04. The number of hydrogen-bond donors (Lipinski definition) is 2.